The summed E-state index contributed by atoms with van der Waals surface area (Å²) in [5.41, 5.74) is 6.30. The van der Waals surface area contributed by atoms with Crippen LogP contribution >= 0.6 is 0 Å². The molecular formula is C34H35N7O2. The zero-order chi connectivity index (χ0) is 29.3. The van der Waals surface area contributed by atoms with E-state index in [-0.39, 0.29) is 17.4 Å². The standard InChI is InChI=1S/C34H35N7O2/c1-21-4-3-5-29(22(21)2)33(42)40-19-34(20-40)17-39(18-34)31-7-6-23(14-37-31)30-10-28(16-41-32(30)26(11-35)15-38-41)43-27-8-24-12-36-13-25(24)9-27/h3-7,10,14-16,24-25,27,36H,8-9,12-13,17-20H2,1-2H3. The summed E-state index contributed by atoms with van der Waals surface area (Å²) >= 11 is 0. The number of pyridine rings is 2. The van der Waals surface area contributed by atoms with Crippen molar-refractivity contribution >= 4 is 17.2 Å². The quantitative estimate of drug-likeness (QED) is 0.382. The number of ether oxygens (including phenoxy) is 1. The van der Waals surface area contributed by atoms with E-state index in [9.17, 15) is 10.1 Å². The van der Waals surface area contributed by atoms with Crippen LogP contribution in [0.1, 0.15) is 39.9 Å². The summed E-state index contributed by atoms with van der Waals surface area (Å²) in [7, 11) is 0. The number of aryl methyl sites for hydroxylation is 1. The summed E-state index contributed by atoms with van der Waals surface area (Å²) in [4.78, 5) is 22.2. The van der Waals surface area contributed by atoms with Crippen molar-refractivity contribution in [1.29, 1.82) is 5.26 Å². The molecule has 3 aliphatic heterocycles. The summed E-state index contributed by atoms with van der Waals surface area (Å²) in [6, 6.07) is 14.4. The Bertz CT molecular complexity index is 1760. The zero-order valence-electron chi connectivity index (χ0n) is 24.6. The number of nitrogens with zero attached hydrogens (tertiary/aromatic N) is 6. The van der Waals surface area contributed by atoms with Crippen LogP contribution in [-0.4, -0.2) is 70.8 Å². The van der Waals surface area contributed by atoms with E-state index in [1.54, 1.807) is 10.7 Å². The number of likely N-dealkylation sites (tertiary alicyclic amines) is 1. The van der Waals surface area contributed by atoms with Crippen LogP contribution in [0, 0.1) is 42.4 Å². The summed E-state index contributed by atoms with van der Waals surface area (Å²) in [6.45, 7) is 9.60. The van der Waals surface area contributed by atoms with E-state index in [2.05, 4.69) is 46.5 Å². The Labute approximate surface area is 251 Å². The number of nitriles is 1. The molecule has 0 bridgehead atoms. The normalized spacial score (nSPS) is 23.6. The van der Waals surface area contributed by atoms with Crippen molar-refractivity contribution in [2.75, 3.05) is 44.2 Å². The first-order valence-electron chi connectivity index (χ1n) is 15.3. The van der Waals surface area contributed by atoms with E-state index in [0.29, 0.717) is 17.4 Å². The molecule has 218 valence electrons. The Morgan fingerprint density at radius 2 is 1.86 bits per heavy atom. The monoisotopic (exact) mass is 573 g/mol. The van der Waals surface area contributed by atoms with Gasteiger partial charge in [0.1, 0.15) is 17.6 Å². The molecule has 1 N–H and O–H groups in total. The second kappa shape index (κ2) is 9.81. The number of amides is 1. The molecule has 1 aromatic carbocycles. The molecule has 1 spiro atoms. The molecule has 1 saturated carbocycles. The van der Waals surface area contributed by atoms with Crippen molar-refractivity contribution in [2.24, 2.45) is 17.3 Å². The van der Waals surface area contributed by atoms with Crippen molar-refractivity contribution in [3.8, 4) is 22.9 Å². The van der Waals surface area contributed by atoms with Gasteiger partial charge in [0.05, 0.1) is 29.6 Å². The van der Waals surface area contributed by atoms with Crippen molar-refractivity contribution < 1.29 is 9.53 Å². The minimum Gasteiger partial charge on any atom is -0.489 e. The smallest absolute Gasteiger partial charge is 0.254 e. The largest absolute Gasteiger partial charge is 0.489 e. The molecule has 6 heterocycles. The average molecular weight is 574 g/mol. The molecule has 4 fully saturated rings. The highest BCUT2D eigenvalue weighted by atomic mass is 16.5. The van der Waals surface area contributed by atoms with Crippen LogP contribution in [0.4, 0.5) is 5.82 Å². The summed E-state index contributed by atoms with van der Waals surface area (Å²) in [6.07, 6.45) is 7.72. The number of carbonyl (C=O) groups excluding carboxylic acids is 1. The third-order valence-corrected chi connectivity index (χ3v) is 10.2. The number of rotatable bonds is 5. The number of benzene rings is 1. The van der Waals surface area contributed by atoms with Gasteiger partial charge in [-0.2, -0.15) is 10.4 Å². The molecule has 2 unspecified atom stereocenters. The minimum absolute atomic E-state index is 0.134. The highest BCUT2D eigenvalue weighted by Crippen LogP contribution is 2.43. The van der Waals surface area contributed by atoms with Gasteiger partial charge in [-0.15, -0.1) is 0 Å². The number of carbonyl (C=O) groups is 1. The predicted octanol–water partition coefficient (Wildman–Crippen LogP) is 4.22. The molecule has 3 saturated heterocycles. The highest BCUT2D eigenvalue weighted by molar-refractivity contribution is 5.96. The lowest BCUT2D eigenvalue weighted by molar-refractivity contribution is -0.0108. The minimum atomic E-state index is 0.134. The SMILES string of the molecule is Cc1cccc(C(=O)N2CC3(C2)CN(c2ccc(-c4cc(OC5CC6CNCC6C5)cn5ncc(C#N)c45)cn2)C3)c1C. The number of anilines is 1. The van der Waals surface area contributed by atoms with Crippen molar-refractivity contribution in [3.05, 3.63) is 77.2 Å². The maximum Gasteiger partial charge on any atom is 0.254 e. The maximum absolute atomic E-state index is 13.1. The van der Waals surface area contributed by atoms with Gasteiger partial charge in [-0.05, 0) is 87.0 Å². The second-order valence-electron chi connectivity index (χ2n) is 13.1. The van der Waals surface area contributed by atoms with Crippen LogP contribution in [0.25, 0.3) is 16.6 Å². The molecule has 9 heteroatoms. The lowest BCUT2D eigenvalue weighted by Gasteiger charge is -2.60. The molecule has 8 rings (SSSR count). The van der Waals surface area contributed by atoms with E-state index in [4.69, 9.17) is 9.72 Å². The third kappa shape index (κ3) is 4.35. The van der Waals surface area contributed by atoms with Crippen LogP contribution in [-0.2, 0) is 0 Å². The Morgan fingerprint density at radius 3 is 2.58 bits per heavy atom. The fourth-order valence-electron chi connectivity index (χ4n) is 7.78. The van der Waals surface area contributed by atoms with E-state index >= 15 is 0 Å². The lowest BCUT2D eigenvalue weighted by atomic mass is 9.72. The predicted molar refractivity (Wildman–Crippen MR) is 163 cm³/mol. The molecule has 1 aliphatic carbocycles. The number of fused-ring (bicyclic) bond motifs is 2. The van der Waals surface area contributed by atoms with Gasteiger partial charge < -0.3 is 19.9 Å². The number of hydrogen-bond acceptors (Lipinski definition) is 7. The number of nitrogens with one attached hydrogen (secondary N) is 1. The molecule has 4 aliphatic rings. The van der Waals surface area contributed by atoms with Gasteiger partial charge in [0, 0.05) is 54.5 Å². The van der Waals surface area contributed by atoms with Gasteiger partial charge in [0.15, 0.2) is 0 Å². The molecule has 2 atom stereocenters. The van der Waals surface area contributed by atoms with Crippen LogP contribution < -0.4 is 15.0 Å². The average Bonchev–Trinajstić information content (AvgIpc) is 3.68. The molecule has 43 heavy (non-hydrogen) atoms. The van der Waals surface area contributed by atoms with Gasteiger partial charge in [-0.25, -0.2) is 9.50 Å². The third-order valence-electron chi connectivity index (χ3n) is 10.2. The Morgan fingerprint density at radius 1 is 1.07 bits per heavy atom. The van der Waals surface area contributed by atoms with Crippen LogP contribution in [0.3, 0.4) is 0 Å². The van der Waals surface area contributed by atoms with Gasteiger partial charge in [-0.1, -0.05) is 12.1 Å². The first-order chi connectivity index (χ1) is 20.9. The molecule has 1 amide bonds. The van der Waals surface area contributed by atoms with Crippen molar-refractivity contribution in [2.45, 2.75) is 32.8 Å². The van der Waals surface area contributed by atoms with E-state index in [0.717, 1.165) is 97.0 Å². The second-order valence-corrected chi connectivity index (χ2v) is 13.1. The summed E-state index contributed by atoms with van der Waals surface area (Å²) < 4.78 is 8.25. The Hall–Kier alpha value is -4.42. The van der Waals surface area contributed by atoms with Crippen LogP contribution in [0.2, 0.25) is 0 Å². The molecule has 9 nitrogen and oxygen atoms in total. The van der Waals surface area contributed by atoms with Gasteiger partial charge in [-0.3, -0.25) is 4.79 Å². The van der Waals surface area contributed by atoms with E-state index in [1.165, 1.54) is 0 Å². The topological polar surface area (TPSA) is 98.8 Å². The molecule has 0 radical (unpaired) electrons. The first kappa shape index (κ1) is 26.2. The first-order valence-corrected chi connectivity index (χ1v) is 15.3. The van der Waals surface area contributed by atoms with Gasteiger partial charge in [0.2, 0.25) is 0 Å². The van der Waals surface area contributed by atoms with Crippen LogP contribution in [0.5, 0.6) is 5.75 Å². The van der Waals surface area contributed by atoms with Crippen molar-refractivity contribution in [3.63, 3.8) is 0 Å². The number of aromatic nitrogens is 3. The summed E-state index contributed by atoms with van der Waals surface area (Å²) in [5, 5.41) is 17.7. The Balaban J connectivity index is 0.968. The fraction of sp³-hybridized carbons (Fsp3) is 0.412. The summed E-state index contributed by atoms with van der Waals surface area (Å²) in [5.74, 6) is 3.22. The van der Waals surface area contributed by atoms with E-state index < -0.39 is 0 Å². The van der Waals surface area contributed by atoms with Crippen LogP contribution in [0.15, 0.2) is 55.0 Å². The zero-order valence-corrected chi connectivity index (χ0v) is 24.6. The van der Waals surface area contributed by atoms with E-state index in [1.807, 2.05) is 42.4 Å². The Kier molecular flexibility index (Phi) is 5.99. The van der Waals surface area contributed by atoms with Gasteiger partial charge in [0.25, 0.3) is 5.91 Å². The highest BCUT2D eigenvalue weighted by Gasteiger charge is 2.53. The molecule has 4 aromatic rings. The number of hydrogen-bond donors (Lipinski definition) is 1. The fourth-order valence-corrected chi connectivity index (χ4v) is 7.78. The van der Waals surface area contributed by atoms with Crippen molar-refractivity contribution in [1.82, 2.24) is 24.8 Å². The lowest BCUT2D eigenvalue weighted by Crippen LogP contribution is -2.73. The molecule has 3 aromatic heterocycles. The van der Waals surface area contributed by atoms with Gasteiger partial charge >= 0.3 is 0 Å². The molecular weight excluding hydrogens is 538 g/mol. The maximum atomic E-state index is 13.1.